The summed E-state index contributed by atoms with van der Waals surface area (Å²) in [5.74, 6) is 1.65. The van der Waals surface area contributed by atoms with Gasteiger partial charge in [-0.3, -0.25) is 9.97 Å². The highest BCUT2D eigenvalue weighted by Gasteiger charge is 2.17. The zero-order valence-corrected chi connectivity index (χ0v) is 20.6. The molecule has 0 aliphatic carbocycles. The van der Waals surface area contributed by atoms with Crippen molar-refractivity contribution >= 4 is 27.5 Å². The maximum Gasteiger partial charge on any atom is 0.138 e. The van der Waals surface area contributed by atoms with Gasteiger partial charge in [-0.15, -0.1) is 0 Å². The molecule has 0 spiro atoms. The minimum absolute atomic E-state index is 0.820. The van der Waals surface area contributed by atoms with E-state index in [1.54, 1.807) is 0 Å². The van der Waals surface area contributed by atoms with Gasteiger partial charge in [-0.1, -0.05) is 32.0 Å². The number of fused-ring (bicyclic) bond motifs is 2. The SMILES string of the molecule is CCN(CC)CCN(C)c1cc(C)nc2c(C)c3nc(C)cc(Oc4ccccc4)c3cc12. The number of hydrogen-bond donors (Lipinski definition) is 0. The van der Waals surface area contributed by atoms with E-state index >= 15 is 0 Å². The van der Waals surface area contributed by atoms with Crippen LogP contribution in [0.25, 0.3) is 21.8 Å². The van der Waals surface area contributed by atoms with E-state index in [-0.39, 0.29) is 0 Å². The number of pyridine rings is 2. The zero-order chi connectivity index (χ0) is 23.5. The molecule has 0 unspecified atom stereocenters. The van der Waals surface area contributed by atoms with E-state index in [1.807, 2.05) is 43.3 Å². The summed E-state index contributed by atoms with van der Waals surface area (Å²) in [4.78, 5) is 14.6. The fraction of sp³-hybridized carbons (Fsp3) is 0.357. The average Bonchev–Trinajstić information content (AvgIpc) is 2.81. The summed E-state index contributed by atoms with van der Waals surface area (Å²) >= 11 is 0. The highest BCUT2D eigenvalue weighted by Crippen LogP contribution is 2.38. The number of likely N-dealkylation sites (N-methyl/N-ethyl adjacent to an activating group) is 2. The molecule has 0 aliphatic rings. The van der Waals surface area contributed by atoms with Crippen molar-refractivity contribution in [2.75, 3.05) is 38.1 Å². The van der Waals surface area contributed by atoms with E-state index in [9.17, 15) is 0 Å². The van der Waals surface area contributed by atoms with Crippen molar-refractivity contribution in [2.45, 2.75) is 34.6 Å². The lowest BCUT2D eigenvalue weighted by Gasteiger charge is -2.26. The van der Waals surface area contributed by atoms with Gasteiger partial charge < -0.3 is 14.5 Å². The Morgan fingerprint density at radius 1 is 0.788 bits per heavy atom. The predicted octanol–water partition coefficient (Wildman–Crippen LogP) is 6.28. The summed E-state index contributed by atoms with van der Waals surface area (Å²) in [6.07, 6.45) is 0. The monoisotopic (exact) mass is 442 g/mol. The Kier molecular flexibility index (Phi) is 6.80. The van der Waals surface area contributed by atoms with E-state index in [0.717, 1.165) is 76.4 Å². The number of hydrogen-bond acceptors (Lipinski definition) is 5. The molecular weight excluding hydrogens is 408 g/mol. The van der Waals surface area contributed by atoms with Crippen LogP contribution in [0.4, 0.5) is 5.69 Å². The first kappa shape index (κ1) is 23.0. The van der Waals surface area contributed by atoms with Crippen LogP contribution in [0, 0.1) is 20.8 Å². The summed E-state index contributed by atoms with van der Waals surface area (Å²) in [5.41, 5.74) is 6.19. The van der Waals surface area contributed by atoms with Gasteiger partial charge in [-0.2, -0.15) is 0 Å². The van der Waals surface area contributed by atoms with Crippen LogP contribution in [0.15, 0.2) is 48.5 Å². The molecule has 2 heterocycles. The molecule has 4 aromatic rings. The van der Waals surface area contributed by atoms with Gasteiger partial charge in [0.15, 0.2) is 0 Å². The van der Waals surface area contributed by atoms with E-state index < -0.39 is 0 Å². The third kappa shape index (κ3) is 4.79. The molecule has 0 bridgehead atoms. The second-order valence-electron chi connectivity index (χ2n) is 8.70. The lowest BCUT2D eigenvalue weighted by atomic mass is 10.0. The molecule has 0 saturated heterocycles. The molecule has 0 saturated carbocycles. The molecule has 0 atom stereocenters. The van der Waals surface area contributed by atoms with Crippen LogP contribution >= 0.6 is 0 Å². The maximum absolute atomic E-state index is 6.33. The van der Waals surface area contributed by atoms with Crippen molar-refractivity contribution in [3.05, 3.63) is 65.5 Å². The number of benzene rings is 2. The van der Waals surface area contributed by atoms with E-state index in [0.29, 0.717) is 0 Å². The van der Waals surface area contributed by atoms with Crippen LogP contribution in [0.5, 0.6) is 11.5 Å². The minimum atomic E-state index is 0.820. The number of aromatic nitrogens is 2. The van der Waals surface area contributed by atoms with Crippen molar-refractivity contribution in [3.8, 4) is 11.5 Å². The van der Waals surface area contributed by atoms with Crippen LogP contribution in [0.2, 0.25) is 0 Å². The van der Waals surface area contributed by atoms with Crippen molar-refractivity contribution < 1.29 is 4.74 Å². The normalized spacial score (nSPS) is 11.5. The fourth-order valence-corrected chi connectivity index (χ4v) is 4.40. The quantitative estimate of drug-likeness (QED) is 0.300. The lowest BCUT2D eigenvalue weighted by Crippen LogP contribution is -2.33. The van der Waals surface area contributed by atoms with Crippen LogP contribution in [0.3, 0.4) is 0 Å². The largest absolute Gasteiger partial charge is 0.457 e. The summed E-state index contributed by atoms with van der Waals surface area (Å²) in [6.45, 7) is 14.7. The molecule has 0 N–H and O–H groups in total. The van der Waals surface area contributed by atoms with Crippen LogP contribution in [-0.2, 0) is 0 Å². The second-order valence-corrected chi connectivity index (χ2v) is 8.70. The minimum Gasteiger partial charge on any atom is -0.457 e. The van der Waals surface area contributed by atoms with Crippen LogP contribution in [0.1, 0.15) is 30.8 Å². The number of rotatable bonds is 8. The van der Waals surface area contributed by atoms with Crippen molar-refractivity contribution in [1.29, 1.82) is 0 Å². The van der Waals surface area contributed by atoms with Gasteiger partial charge >= 0.3 is 0 Å². The van der Waals surface area contributed by atoms with Gasteiger partial charge in [0.2, 0.25) is 0 Å². The first-order valence-electron chi connectivity index (χ1n) is 11.8. The Morgan fingerprint density at radius 2 is 1.42 bits per heavy atom. The van der Waals surface area contributed by atoms with Gasteiger partial charge in [0.25, 0.3) is 0 Å². The Hall–Kier alpha value is -3.18. The third-order valence-electron chi connectivity index (χ3n) is 6.34. The average molecular weight is 443 g/mol. The fourth-order valence-electron chi connectivity index (χ4n) is 4.40. The third-order valence-corrected chi connectivity index (χ3v) is 6.34. The van der Waals surface area contributed by atoms with Gasteiger partial charge in [-0.25, -0.2) is 0 Å². The first-order chi connectivity index (χ1) is 15.9. The summed E-state index contributed by atoms with van der Waals surface area (Å²) in [7, 11) is 2.17. The molecule has 4 rings (SSSR count). The smallest absolute Gasteiger partial charge is 0.138 e. The molecule has 2 aromatic carbocycles. The predicted molar refractivity (Wildman–Crippen MR) is 139 cm³/mol. The van der Waals surface area contributed by atoms with Crippen molar-refractivity contribution in [3.63, 3.8) is 0 Å². The highest BCUT2D eigenvalue weighted by molar-refractivity contribution is 6.06. The molecule has 0 fully saturated rings. The number of aryl methyl sites for hydroxylation is 3. The van der Waals surface area contributed by atoms with Crippen LogP contribution < -0.4 is 9.64 Å². The molecule has 0 amide bonds. The van der Waals surface area contributed by atoms with Gasteiger partial charge in [0.1, 0.15) is 11.5 Å². The number of anilines is 1. The molecule has 172 valence electrons. The Labute approximate surface area is 197 Å². The van der Waals surface area contributed by atoms with Crippen LogP contribution in [-0.4, -0.2) is 48.1 Å². The Morgan fingerprint density at radius 3 is 2.09 bits per heavy atom. The van der Waals surface area contributed by atoms with E-state index in [1.165, 1.54) is 5.69 Å². The van der Waals surface area contributed by atoms with E-state index in [2.05, 4.69) is 56.7 Å². The van der Waals surface area contributed by atoms with Gasteiger partial charge in [0, 0.05) is 59.6 Å². The molecule has 0 aliphatic heterocycles. The first-order valence-corrected chi connectivity index (χ1v) is 11.8. The Bertz CT molecular complexity index is 1270. The molecular formula is C28H34N4O. The molecule has 5 nitrogen and oxygen atoms in total. The topological polar surface area (TPSA) is 41.5 Å². The van der Waals surface area contributed by atoms with Crippen molar-refractivity contribution in [2.24, 2.45) is 0 Å². The molecule has 2 aromatic heterocycles. The maximum atomic E-state index is 6.33. The molecule has 33 heavy (non-hydrogen) atoms. The van der Waals surface area contributed by atoms with Gasteiger partial charge in [0.05, 0.1) is 11.0 Å². The Balaban J connectivity index is 1.87. The summed E-state index contributed by atoms with van der Waals surface area (Å²) in [6, 6.07) is 16.3. The summed E-state index contributed by atoms with van der Waals surface area (Å²) < 4.78 is 6.33. The van der Waals surface area contributed by atoms with Crippen molar-refractivity contribution in [1.82, 2.24) is 14.9 Å². The second kappa shape index (κ2) is 9.75. The molecule has 0 radical (unpaired) electrons. The standard InChI is InChI=1S/C28H34N4O/c1-7-32(8-2)15-14-31(6)25-16-19(3)29-27-21(5)28-24(18-23(25)27)26(17-20(4)30-28)33-22-12-10-9-11-13-22/h9-13,16-18H,7-8,14-15H2,1-6H3. The number of ether oxygens (including phenoxy) is 1. The number of para-hydroxylation sites is 1. The van der Waals surface area contributed by atoms with E-state index in [4.69, 9.17) is 14.7 Å². The molecule has 5 heteroatoms. The summed E-state index contributed by atoms with van der Waals surface area (Å²) in [5, 5.41) is 2.15. The van der Waals surface area contributed by atoms with Gasteiger partial charge in [-0.05, 0) is 58.1 Å². The lowest BCUT2D eigenvalue weighted by molar-refractivity contribution is 0.311. The zero-order valence-electron chi connectivity index (χ0n) is 20.6. The number of nitrogens with zero attached hydrogens (tertiary/aromatic N) is 4. The highest BCUT2D eigenvalue weighted by atomic mass is 16.5.